The lowest BCUT2D eigenvalue weighted by atomic mass is 9.96. The number of rotatable bonds is 5. The fourth-order valence-corrected chi connectivity index (χ4v) is 4.62. The summed E-state index contributed by atoms with van der Waals surface area (Å²) in [5, 5.41) is 5.06. The fourth-order valence-electron chi connectivity index (χ4n) is 4.62. The Kier molecular flexibility index (Phi) is 5.83. The highest BCUT2D eigenvalue weighted by Crippen LogP contribution is 2.27. The van der Waals surface area contributed by atoms with E-state index >= 15 is 0 Å². The van der Waals surface area contributed by atoms with Crippen molar-refractivity contribution in [3.05, 3.63) is 87.6 Å². The molecule has 0 spiro atoms. The van der Waals surface area contributed by atoms with Crippen molar-refractivity contribution in [2.24, 2.45) is 7.05 Å². The van der Waals surface area contributed by atoms with Crippen LogP contribution in [0.2, 0.25) is 0 Å². The zero-order chi connectivity index (χ0) is 23.7. The number of nitrogens with zero attached hydrogens (tertiary/aromatic N) is 6. The third-order valence-corrected chi connectivity index (χ3v) is 6.40. The minimum absolute atomic E-state index is 0.0192. The van der Waals surface area contributed by atoms with E-state index in [0.717, 1.165) is 18.5 Å². The largest absolute Gasteiger partial charge is 0.350 e. The SMILES string of the molecule is Cn1nc([C@@H]2CCCN(C(=O)CCn3cnc4ccccc4c3=O)C2)n(-c2ccccc2)c1=O. The van der Waals surface area contributed by atoms with Gasteiger partial charge in [0.1, 0.15) is 5.82 Å². The summed E-state index contributed by atoms with van der Waals surface area (Å²) in [6.45, 7) is 1.42. The number of hydrogen-bond acceptors (Lipinski definition) is 5. The first-order valence-corrected chi connectivity index (χ1v) is 11.5. The number of carbonyl (C=O) groups excluding carboxylic acids is 1. The third-order valence-electron chi connectivity index (χ3n) is 6.40. The number of fused-ring (bicyclic) bond motifs is 1. The molecule has 0 bridgehead atoms. The van der Waals surface area contributed by atoms with Gasteiger partial charge in [-0.2, -0.15) is 5.10 Å². The van der Waals surface area contributed by atoms with Gasteiger partial charge in [-0.25, -0.2) is 19.0 Å². The minimum Gasteiger partial charge on any atom is -0.342 e. The number of benzene rings is 2. The highest BCUT2D eigenvalue weighted by molar-refractivity contribution is 5.77. The van der Waals surface area contributed by atoms with Crippen LogP contribution in [0.5, 0.6) is 0 Å². The van der Waals surface area contributed by atoms with E-state index in [2.05, 4.69) is 10.1 Å². The van der Waals surface area contributed by atoms with Gasteiger partial charge in [0.25, 0.3) is 5.56 Å². The Balaban J connectivity index is 1.32. The Labute approximate surface area is 195 Å². The van der Waals surface area contributed by atoms with E-state index in [1.807, 2.05) is 41.3 Å². The Morgan fingerprint density at radius 1 is 1.06 bits per heavy atom. The third kappa shape index (κ3) is 4.05. The van der Waals surface area contributed by atoms with Crippen LogP contribution in [0, 0.1) is 0 Å². The summed E-state index contributed by atoms with van der Waals surface area (Å²) in [5.74, 6) is 0.609. The maximum absolute atomic E-state index is 13.0. The predicted octanol–water partition coefficient (Wildman–Crippen LogP) is 2.08. The fraction of sp³-hybridized carbons (Fsp3) is 0.320. The first-order chi connectivity index (χ1) is 16.5. The van der Waals surface area contributed by atoms with Crippen molar-refractivity contribution in [3.8, 4) is 5.69 Å². The smallest absolute Gasteiger partial charge is 0.342 e. The molecule has 174 valence electrons. The average molecular weight is 459 g/mol. The van der Waals surface area contributed by atoms with Gasteiger partial charge in [0, 0.05) is 39.0 Å². The number of amides is 1. The van der Waals surface area contributed by atoms with Crippen LogP contribution in [-0.2, 0) is 18.4 Å². The second-order valence-electron chi connectivity index (χ2n) is 8.62. The molecular formula is C25H26N6O3. The van der Waals surface area contributed by atoms with Crippen LogP contribution in [-0.4, -0.2) is 47.8 Å². The van der Waals surface area contributed by atoms with Crippen LogP contribution >= 0.6 is 0 Å². The van der Waals surface area contributed by atoms with Gasteiger partial charge in [-0.1, -0.05) is 30.3 Å². The summed E-state index contributed by atoms with van der Waals surface area (Å²) in [5.41, 5.74) is 1.07. The molecular weight excluding hydrogens is 432 g/mol. The first-order valence-electron chi connectivity index (χ1n) is 11.5. The van der Waals surface area contributed by atoms with Gasteiger partial charge in [-0.05, 0) is 37.1 Å². The van der Waals surface area contributed by atoms with Crippen LogP contribution in [0.3, 0.4) is 0 Å². The average Bonchev–Trinajstić information content (AvgIpc) is 3.18. The lowest BCUT2D eigenvalue weighted by molar-refractivity contribution is -0.132. The monoisotopic (exact) mass is 458 g/mol. The van der Waals surface area contributed by atoms with Crippen molar-refractivity contribution >= 4 is 16.8 Å². The normalized spacial score (nSPS) is 16.1. The number of carbonyl (C=O) groups is 1. The number of hydrogen-bond donors (Lipinski definition) is 0. The molecule has 0 saturated carbocycles. The topological polar surface area (TPSA) is 95.0 Å². The quantitative estimate of drug-likeness (QED) is 0.456. The van der Waals surface area contributed by atoms with Gasteiger partial charge in [0.05, 0.1) is 22.9 Å². The number of likely N-dealkylation sites (tertiary alicyclic amines) is 1. The predicted molar refractivity (Wildman–Crippen MR) is 128 cm³/mol. The zero-order valence-electron chi connectivity index (χ0n) is 19.0. The van der Waals surface area contributed by atoms with Crippen molar-refractivity contribution in [2.45, 2.75) is 31.7 Å². The van der Waals surface area contributed by atoms with Crippen LogP contribution < -0.4 is 11.2 Å². The van der Waals surface area contributed by atoms with E-state index in [9.17, 15) is 14.4 Å². The second kappa shape index (κ2) is 9.09. The van der Waals surface area contributed by atoms with E-state index < -0.39 is 0 Å². The van der Waals surface area contributed by atoms with Crippen molar-refractivity contribution in [2.75, 3.05) is 13.1 Å². The molecule has 5 rings (SSSR count). The van der Waals surface area contributed by atoms with Crippen LogP contribution in [0.4, 0.5) is 0 Å². The maximum Gasteiger partial charge on any atom is 0.350 e. The molecule has 0 unspecified atom stereocenters. The Morgan fingerprint density at radius 2 is 1.82 bits per heavy atom. The molecule has 0 aliphatic carbocycles. The van der Waals surface area contributed by atoms with Crippen molar-refractivity contribution in [3.63, 3.8) is 0 Å². The van der Waals surface area contributed by atoms with E-state index in [4.69, 9.17) is 0 Å². The summed E-state index contributed by atoms with van der Waals surface area (Å²) in [7, 11) is 1.65. The molecule has 9 nitrogen and oxygen atoms in total. The number of para-hydroxylation sites is 2. The summed E-state index contributed by atoms with van der Waals surface area (Å²) in [4.78, 5) is 44.7. The second-order valence-corrected chi connectivity index (χ2v) is 8.62. The molecule has 2 aromatic heterocycles. The van der Waals surface area contributed by atoms with Crippen LogP contribution in [0.25, 0.3) is 16.6 Å². The molecule has 3 heterocycles. The highest BCUT2D eigenvalue weighted by Gasteiger charge is 2.29. The molecule has 0 N–H and O–H groups in total. The van der Waals surface area contributed by atoms with Gasteiger partial charge < -0.3 is 4.90 Å². The summed E-state index contributed by atoms with van der Waals surface area (Å²) in [6, 6.07) is 16.6. The molecule has 4 aromatic rings. The van der Waals surface area contributed by atoms with Crippen molar-refractivity contribution in [1.29, 1.82) is 0 Å². The molecule has 1 atom stereocenters. The van der Waals surface area contributed by atoms with E-state index in [1.165, 1.54) is 15.6 Å². The minimum atomic E-state index is -0.201. The lowest BCUT2D eigenvalue weighted by Crippen LogP contribution is -2.40. The zero-order valence-corrected chi connectivity index (χ0v) is 19.0. The Morgan fingerprint density at radius 3 is 2.65 bits per heavy atom. The molecule has 1 fully saturated rings. The summed E-state index contributed by atoms with van der Waals surface area (Å²) < 4.78 is 4.48. The van der Waals surface area contributed by atoms with Gasteiger partial charge >= 0.3 is 5.69 Å². The van der Waals surface area contributed by atoms with Crippen molar-refractivity contribution < 1.29 is 4.79 Å². The molecule has 1 saturated heterocycles. The molecule has 9 heteroatoms. The molecule has 1 aliphatic rings. The Bertz CT molecular complexity index is 1450. The molecule has 34 heavy (non-hydrogen) atoms. The summed E-state index contributed by atoms with van der Waals surface area (Å²) in [6.07, 6.45) is 3.39. The van der Waals surface area contributed by atoms with Crippen LogP contribution in [0.15, 0.2) is 70.5 Å². The molecule has 1 amide bonds. The number of aromatic nitrogens is 5. The maximum atomic E-state index is 13.0. The van der Waals surface area contributed by atoms with Gasteiger partial charge in [0.15, 0.2) is 0 Å². The summed E-state index contributed by atoms with van der Waals surface area (Å²) >= 11 is 0. The number of piperidine rings is 1. The number of aryl methyl sites for hydroxylation is 2. The van der Waals surface area contributed by atoms with Crippen molar-refractivity contribution in [1.82, 2.24) is 28.8 Å². The van der Waals surface area contributed by atoms with E-state index in [0.29, 0.717) is 29.8 Å². The highest BCUT2D eigenvalue weighted by atomic mass is 16.2. The molecule has 2 aromatic carbocycles. The Hall–Kier alpha value is -4.01. The van der Waals surface area contributed by atoms with Gasteiger partial charge in [0.2, 0.25) is 5.91 Å². The van der Waals surface area contributed by atoms with E-state index in [-0.39, 0.29) is 36.0 Å². The standard InChI is InChI=1S/C25H26N6O3/c1-28-25(34)31(19-9-3-2-4-10-19)23(27-28)18-8-7-14-29(16-18)22(32)13-15-30-17-26-21-12-6-5-11-20(21)24(30)33/h2-6,9-12,17-18H,7-8,13-16H2,1H3/t18-/m1/s1. The molecule has 0 radical (unpaired) electrons. The molecule has 1 aliphatic heterocycles. The lowest BCUT2D eigenvalue weighted by Gasteiger charge is -2.32. The first kappa shape index (κ1) is 21.8. The van der Waals surface area contributed by atoms with E-state index in [1.54, 1.807) is 29.8 Å². The van der Waals surface area contributed by atoms with Crippen LogP contribution in [0.1, 0.15) is 31.0 Å². The van der Waals surface area contributed by atoms with Gasteiger partial charge in [-0.3, -0.25) is 14.2 Å². The van der Waals surface area contributed by atoms with Gasteiger partial charge in [-0.15, -0.1) is 0 Å².